The van der Waals surface area contributed by atoms with Crippen molar-refractivity contribution < 1.29 is 4.74 Å². The van der Waals surface area contributed by atoms with E-state index in [9.17, 15) is 0 Å². The summed E-state index contributed by atoms with van der Waals surface area (Å²) in [6, 6.07) is 12.4. The maximum Gasteiger partial charge on any atom is 0.136 e. The van der Waals surface area contributed by atoms with Gasteiger partial charge in [-0.05, 0) is 98.2 Å². The Bertz CT molecular complexity index is 1490. The summed E-state index contributed by atoms with van der Waals surface area (Å²) >= 11 is 0. The predicted molar refractivity (Wildman–Crippen MR) is 153 cm³/mol. The number of rotatable bonds is 4. The SMILES string of the molecule is c1cc2c(cc1-c1ccc(-c3cnc(C4CCCN4)[nH]3)c3c1CC1CCC31)NC(C1CCCN1)=NC21COC1. The number of fused-ring (bicyclic) bond motifs is 5. The van der Waals surface area contributed by atoms with Crippen LogP contribution in [0.1, 0.15) is 73.0 Å². The third-order valence-electron chi connectivity index (χ3n) is 10.4. The van der Waals surface area contributed by atoms with Gasteiger partial charge in [-0.25, -0.2) is 4.98 Å². The van der Waals surface area contributed by atoms with Crippen molar-refractivity contribution in [2.75, 3.05) is 31.6 Å². The number of hydrogen-bond donors (Lipinski definition) is 4. The van der Waals surface area contributed by atoms with Crippen molar-refractivity contribution in [3.63, 3.8) is 0 Å². The number of benzene rings is 2. The van der Waals surface area contributed by atoms with Gasteiger partial charge >= 0.3 is 0 Å². The average Bonchev–Trinajstić information content (AvgIpc) is 3.73. The summed E-state index contributed by atoms with van der Waals surface area (Å²) in [4.78, 5) is 13.7. The molecule has 1 aromatic heterocycles. The Morgan fingerprint density at radius 2 is 1.74 bits per heavy atom. The summed E-state index contributed by atoms with van der Waals surface area (Å²) < 4.78 is 5.71. The van der Waals surface area contributed by atoms with Crippen molar-refractivity contribution in [3.8, 4) is 22.4 Å². The summed E-state index contributed by atoms with van der Waals surface area (Å²) in [7, 11) is 0. The fraction of sp³-hybridized carbons (Fsp3) is 0.500. The molecule has 2 aliphatic carbocycles. The van der Waals surface area contributed by atoms with Crippen LogP contribution in [0.4, 0.5) is 5.69 Å². The first-order chi connectivity index (χ1) is 19.3. The van der Waals surface area contributed by atoms with Crippen molar-refractivity contribution in [2.45, 2.75) is 68.5 Å². The highest BCUT2D eigenvalue weighted by molar-refractivity contribution is 6.03. The number of imidazole rings is 1. The van der Waals surface area contributed by atoms with Gasteiger partial charge in [0.25, 0.3) is 0 Å². The molecule has 3 aromatic rings. The summed E-state index contributed by atoms with van der Waals surface area (Å²) in [5, 5.41) is 11.0. The third-order valence-corrected chi connectivity index (χ3v) is 10.4. The van der Waals surface area contributed by atoms with E-state index in [4.69, 9.17) is 14.7 Å². The molecule has 4 unspecified atom stereocenters. The monoisotopic (exact) mass is 520 g/mol. The molecule has 7 heteroatoms. The number of anilines is 1. The van der Waals surface area contributed by atoms with Gasteiger partial charge in [-0.3, -0.25) is 4.99 Å². The molecule has 6 aliphatic rings. The number of ether oxygens (including phenoxy) is 1. The third kappa shape index (κ3) is 3.39. The summed E-state index contributed by atoms with van der Waals surface area (Å²) in [6.07, 6.45) is 10.6. The van der Waals surface area contributed by atoms with Crippen LogP contribution in [0.15, 0.2) is 41.5 Å². The van der Waals surface area contributed by atoms with Crippen LogP contribution in [-0.4, -0.2) is 48.1 Å². The van der Waals surface area contributed by atoms with Gasteiger partial charge in [0.15, 0.2) is 0 Å². The minimum absolute atomic E-state index is 0.226. The largest absolute Gasteiger partial charge is 0.375 e. The average molecular weight is 521 g/mol. The Balaban J connectivity index is 1.11. The van der Waals surface area contributed by atoms with E-state index in [1.807, 2.05) is 0 Å². The minimum Gasteiger partial charge on any atom is -0.375 e. The Labute approximate surface area is 229 Å². The molecule has 4 atom stereocenters. The second-order valence-electron chi connectivity index (χ2n) is 12.6. The Kier molecular flexibility index (Phi) is 4.96. The van der Waals surface area contributed by atoms with Crippen molar-refractivity contribution in [1.82, 2.24) is 20.6 Å². The number of hydrogen-bond acceptors (Lipinski definition) is 6. The second-order valence-corrected chi connectivity index (χ2v) is 12.6. The molecule has 1 spiro atoms. The number of nitrogens with one attached hydrogen (secondary N) is 4. The van der Waals surface area contributed by atoms with Crippen LogP contribution in [-0.2, 0) is 16.7 Å². The van der Waals surface area contributed by atoms with E-state index < -0.39 is 0 Å². The smallest absolute Gasteiger partial charge is 0.136 e. The molecule has 4 aliphatic heterocycles. The zero-order valence-electron chi connectivity index (χ0n) is 22.4. The molecule has 2 aromatic carbocycles. The maximum absolute atomic E-state index is 5.71. The zero-order valence-corrected chi connectivity index (χ0v) is 22.4. The first kappa shape index (κ1) is 22.8. The first-order valence-corrected chi connectivity index (χ1v) is 15.0. The molecular formula is C32H36N6O. The lowest BCUT2D eigenvalue weighted by molar-refractivity contribution is -0.0556. The topological polar surface area (TPSA) is 86.4 Å². The number of aliphatic imine (C=N–C) groups is 1. The van der Waals surface area contributed by atoms with E-state index in [0.29, 0.717) is 31.2 Å². The van der Waals surface area contributed by atoms with Crippen molar-refractivity contribution >= 4 is 11.5 Å². The number of aromatic nitrogens is 2. The lowest BCUT2D eigenvalue weighted by atomic mass is 9.73. The summed E-state index contributed by atoms with van der Waals surface area (Å²) in [5.41, 5.74) is 10.6. The van der Waals surface area contributed by atoms with Gasteiger partial charge in [0.1, 0.15) is 17.2 Å². The van der Waals surface area contributed by atoms with E-state index in [2.05, 4.69) is 57.5 Å². The summed E-state index contributed by atoms with van der Waals surface area (Å²) in [5.74, 6) is 3.65. The summed E-state index contributed by atoms with van der Waals surface area (Å²) in [6.45, 7) is 3.50. The van der Waals surface area contributed by atoms with Crippen LogP contribution < -0.4 is 16.0 Å². The molecule has 5 heterocycles. The first-order valence-electron chi connectivity index (χ1n) is 15.0. The number of H-pyrrole nitrogens is 1. The fourth-order valence-corrected chi connectivity index (χ4v) is 8.11. The molecule has 0 bridgehead atoms. The molecule has 200 valence electrons. The van der Waals surface area contributed by atoms with Gasteiger partial charge in [-0.1, -0.05) is 24.3 Å². The van der Waals surface area contributed by atoms with Gasteiger partial charge in [-0.15, -0.1) is 0 Å². The fourth-order valence-electron chi connectivity index (χ4n) is 8.11. The lowest BCUT2D eigenvalue weighted by Gasteiger charge is -2.43. The Morgan fingerprint density at radius 1 is 0.897 bits per heavy atom. The van der Waals surface area contributed by atoms with Crippen LogP contribution in [0.25, 0.3) is 22.4 Å². The van der Waals surface area contributed by atoms with Crippen LogP contribution in [0.2, 0.25) is 0 Å². The predicted octanol–water partition coefficient (Wildman–Crippen LogP) is 5.02. The molecule has 0 radical (unpaired) electrons. The van der Waals surface area contributed by atoms with Crippen molar-refractivity contribution in [2.24, 2.45) is 10.9 Å². The zero-order chi connectivity index (χ0) is 25.6. The van der Waals surface area contributed by atoms with E-state index in [-0.39, 0.29) is 5.54 Å². The molecule has 4 N–H and O–H groups in total. The number of amidine groups is 1. The van der Waals surface area contributed by atoms with Crippen LogP contribution in [0, 0.1) is 5.92 Å². The Hall–Kier alpha value is -3.00. The molecule has 3 saturated heterocycles. The van der Waals surface area contributed by atoms with E-state index >= 15 is 0 Å². The molecule has 9 rings (SSSR count). The Morgan fingerprint density at radius 3 is 2.49 bits per heavy atom. The normalized spacial score (nSPS) is 29.7. The van der Waals surface area contributed by atoms with E-state index in [1.54, 1.807) is 11.1 Å². The quantitative estimate of drug-likeness (QED) is 0.388. The molecule has 7 nitrogen and oxygen atoms in total. The maximum atomic E-state index is 5.71. The highest BCUT2D eigenvalue weighted by Crippen LogP contribution is 2.56. The van der Waals surface area contributed by atoms with Crippen LogP contribution in [0.5, 0.6) is 0 Å². The van der Waals surface area contributed by atoms with Crippen LogP contribution in [0.3, 0.4) is 0 Å². The standard InChI is InChI=1S/C32H36N6O/c1-3-25(33-11-1)30-35-15-28(37-30)22-9-8-20(23-13-18-5-7-21(18)29(22)23)19-6-10-24-27(14-19)36-31(26-4-2-12-34-26)38-32(24)16-39-17-32/h6,8-10,14-15,18,21,25-26,33-34H,1-5,7,11-13,16-17H2,(H,35,37)(H,36,38). The molecule has 0 amide bonds. The highest BCUT2D eigenvalue weighted by Gasteiger charge is 2.46. The molecule has 39 heavy (non-hydrogen) atoms. The van der Waals surface area contributed by atoms with Crippen molar-refractivity contribution in [1.29, 1.82) is 0 Å². The molecule has 1 saturated carbocycles. The van der Waals surface area contributed by atoms with Crippen LogP contribution >= 0.6 is 0 Å². The highest BCUT2D eigenvalue weighted by atomic mass is 16.5. The van der Waals surface area contributed by atoms with E-state index in [1.165, 1.54) is 65.7 Å². The van der Waals surface area contributed by atoms with Gasteiger partial charge in [0.05, 0.1) is 37.2 Å². The van der Waals surface area contributed by atoms with Gasteiger partial charge < -0.3 is 25.7 Å². The van der Waals surface area contributed by atoms with E-state index in [0.717, 1.165) is 43.5 Å². The number of aromatic amines is 1. The lowest BCUT2D eigenvalue weighted by Crippen LogP contribution is -2.51. The second kappa shape index (κ2) is 8.50. The van der Waals surface area contributed by atoms with Crippen molar-refractivity contribution in [3.05, 3.63) is 59.0 Å². The van der Waals surface area contributed by atoms with Gasteiger partial charge in [0, 0.05) is 16.8 Å². The molecular weight excluding hydrogens is 484 g/mol. The van der Waals surface area contributed by atoms with Gasteiger partial charge in [-0.2, -0.15) is 0 Å². The minimum atomic E-state index is -0.226. The molecule has 4 fully saturated rings. The van der Waals surface area contributed by atoms with Gasteiger partial charge in [0.2, 0.25) is 0 Å². The number of nitrogens with zero attached hydrogens (tertiary/aromatic N) is 2.